The average molecular weight is 183 g/mol. The van der Waals surface area contributed by atoms with Gasteiger partial charge in [-0.05, 0) is 11.6 Å². The highest BCUT2D eigenvalue weighted by molar-refractivity contribution is 6.67. The Balaban J connectivity index is 3.51. The van der Waals surface area contributed by atoms with E-state index in [2.05, 4.69) is 4.98 Å². The first-order chi connectivity index (χ1) is 5.66. The molecule has 1 aromatic heterocycles. The standard InChI is InChI=1S/C7H3ClN2O2/c8-7(12)6-4(3-9)5(11)1-2-10-6/h1-2H,(H,10,11). The van der Waals surface area contributed by atoms with Crippen LogP contribution in [0.25, 0.3) is 0 Å². The molecule has 1 heterocycles. The largest absolute Gasteiger partial charge is 0.356 e. The van der Waals surface area contributed by atoms with E-state index in [9.17, 15) is 9.59 Å². The molecule has 0 saturated carbocycles. The summed E-state index contributed by atoms with van der Waals surface area (Å²) in [4.78, 5) is 24.0. The second-order valence-electron chi connectivity index (χ2n) is 1.98. The van der Waals surface area contributed by atoms with Gasteiger partial charge in [0.2, 0.25) is 0 Å². The highest BCUT2D eigenvalue weighted by atomic mass is 35.5. The van der Waals surface area contributed by atoms with Gasteiger partial charge in [-0.2, -0.15) is 5.26 Å². The summed E-state index contributed by atoms with van der Waals surface area (Å²) >= 11 is 5.10. The summed E-state index contributed by atoms with van der Waals surface area (Å²) in [6, 6.07) is 2.75. The number of aromatic nitrogens is 1. The molecule has 0 spiro atoms. The number of H-pyrrole nitrogens is 1. The molecule has 0 saturated heterocycles. The monoisotopic (exact) mass is 182 g/mol. The van der Waals surface area contributed by atoms with E-state index < -0.39 is 10.7 Å². The predicted octanol–water partition coefficient (Wildman–Crippen LogP) is 0.626. The third-order valence-electron chi connectivity index (χ3n) is 1.27. The van der Waals surface area contributed by atoms with Gasteiger partial charge in [0.25, 0.3) is 5.24 Å². The molecule has 0 aliphatic carbocycles. The molecule has 0 aromatic carbocycles. The van der Waals surface area contributed by atoms with Crippen LogP contribution in [0.3, 0.4) is 0 Å². The number of hydrogen-bond donors (Lipinski definition) is 1. The van der Waals surface area contributed by atoms with E-state index in [1.54, 1.807) is 6.07 Å². The van der Waals surface area contributed by atoms with E-state index in [0.29, 0.717) is 0 Å². The molecule has 0 atom stereocenters. The highest BCUT2D eigenvalue weighted by Gasteiger charge is 2.11. The van der Waals surface area contributed by atoms with Crippen molar-refractivity contribution in [1.29, 1.82) is 5.26 Å². The number of nitrogens with one attached hydrogen (secondary N) is 1. The lowest BCUT2D eigenvalue weighted by Gasteiger charge is -1.94. The van der Waals surface area contributed by atoms with Gasteiger partial charge in [-0.3, -0.25) is 9.59 Å². The summed E-state index contributed by atoms with van der Waals surface area (Å²) in [7, 11) is 0. The number of nitriles is 1. The third-order valence-corrected chi connectivity index (χ3v) is 1.46. The second-order valence-corrected chi connectivity index (χ2v) is 2.32. The van der Waals surface area contributed by atoms with Gasteiger partial charge in [-0.1, -0.05) is 0 Å². The van der Waals surface area contributed by atoms with Crippen LogP contribution in [0, 0.1) is 11.3 Å². The molecule has 12 heavy (non-hydrogen) atoms. The molecule has 0 fully saturated rings. The van der Waals surface area contributed by atoms with Crippen molar-refractivity contribution in [3.8, 4) is 6.07 Å². The first-order valence-corrected chi connectivity index (χ1v) is 3.36. The van der Waals surface area contributed by atoms with Crippen LogP contribution in [0.15, 0.2) is 17.1 Å². The number of carbonyl (C=O) groups excluding carboxylic acids is 1. The Labute approximate surface area is 72.4 Å². The summed E-state index contributed by atoms with van der Waals surface area (Å²) in [6.07, 6.45) is 1.26. The van der Waals surface area contributed by atoms with Crippen molar-refractivity contribution >= 4 is 16.8 Å². The molecule has 1 aromatic rings. The van der Waals surface area contributed by atoms with Crippen LogP contribution >= 0.6 is 11.6 Å². The van der Waals surface area contributed by atoms with Crippen molar-refractivity contribution in [2.24, 2.45) is 0 Å². The molecule has 0 aliphatic heterocycles. The second kappa shape index (κ2) is 3.20. The normalized spacial score (nSPS) is 9.00. The smallest absolute Gasteiger partial charge is 0.270 e. The Morgan fingerprint density at radius 1 is 1.67 bits per heavy atom. The zero-order valence-electron chi connectivity index (χ0n) is 5.80. The molecular formula is C7H3ClN2O2. The van der Waals surface area contributed by atoms with E-state index in [1.165, 1.54) is 6.20 Å². The van der Waals surface area contributed by atoms with Gasteiger partial charge in [-0.25, -0.2) is 0 Å². The number of aromatic amines is 1. The topological polar surface area (TPSA) is 73.7 Å². The summed E-state index contributed by atoms with van der Waals surface area (Å²) in [5.74, 6) is 0. The maximum absolute atomic E-state index is 10.9. The number of hydrogen-bond acceptors (Lipinski definition) is 3. The van der Waals surface area contributed by atoms with Gasteiger partial charge < -0.3 is 4.98 Å². The van der Waals surface area contributed by atoms with Gasteiger partial charge in [0.1, 0.15) is 17.3 Å². The Bertz CT molecular complexity index is 416. The highest BCUT2D eigenvalue weighted by Crippen LogP contribution is 2.01. The zero-order chi connectivity index (χ0) is 9.14. The summed E-state index contributed by atoms with van der Waals surface area (Å²) in [5.41, 5.74) is -0.926. The zero-order valence-corrected chi connectivity index (χ0v) is 6.55. The van der Waals surface area contributed by atoms with Gasteiger partial charge in [0.15, 0.2) is 5.43 Å². The lowest BCUT2D eigenvalue weighted by Crippen LogP contribution is -2.11. The Morgan fingerprint density at radius 3 is 2.75 bits per heavy atom. The predicted molar refractivity (Wildman–Crippen MR) is 42.0 cm³/mol. The fourth-order valence-electron chi connectivity index (χ4n) is 0.745. The van der Waals surface area contributed by atoms with Crippen molar-refractivity contribution in [3.05, 3.63) is 33.7 Å². The van der Waals surface area contributed by atoms with Crippen LogP contribution in [0.2, 0.25) is 0 Å². The van der Waals surface area contributed by atoms with E-state index in [-0.39, 0.29) is 11.3 Å². The molecule has 1 N–H and O–H groups in total. The summed E-state index contributed by atoms with van der Waals surface area (Å²) in [5, 5.41) is 7.62. The maximum Gasteiger partial charge on any atom is 0.270 e. The fraction of sp³-hybridized carbons (Fsp3) is 0. The molecule has 0 unspecified atom stereocenters. The first kappa shape index (κ1) is 8.50. The van der Waals surface area contributed by atoms with E-state index in [4.69, 9.17) is 16.9 Å². The minimum Gasteiger partial charge on any atom is -0.356 e. The molecule has 1 rings (SSSR count). The molecule has 0 bridgehead atoms. The SMILES string of the molecule is N#Cc1c(C(=O)Cl)[nH]ccc1=O. The Hall–Kier alpha value is -1.60. The van der Waals surface area contributed by atoms with Crippen LogP contribution in [-0.2, 0) is 0 Å². The van der Waals surface area contributed by atoms with Gasteiger partial charge >= 0.3 is 0 Å². The van der Waals surface area contributed by atoms with Gasteiger partial charge in [0, 0.05) is 12.3 Å². The molecule has 4 nitrogen and oxygen atoms in total. The van der Waals surface area contributed by atoms with Gasteiger partial charge in [-0.15, -0.1) is 0 Å². The van der Waals surface area contributed by atoms with Crippen molar-refractivity contribution in [2.75, 3.05) is 0 Å². The van der Waals surface area contributed by atoms with Gasteiger partial charge in [0.05, 0.1) is 0 Å². The quantitative estimate of drug-likeness (QED) is 0.648. The maximum atomic E-state index is 10.9. The van der Waals surface area contributed by atoms with Crippen molar-refractivity contribution in [2.45, 2.75) is 0 Å². The Morgan fingerprint density at radius 2 is 2.33 bits per heavy atom. The van der Waals surface area contributed by atoms with Crippen LogP contribution in [0.4, 0.5) is 0 Å². The molecule has 0 amide bonds. The fourth-order valence-corrected chi connectivity index (χ4v) is 0.894. The van der Waals surface area contributed by atoms with E-state index >= 15 is 0 Å². The van der Waals surface area contributed by atoms with Crippen LogP contribution in [0.1, 0.15) is 16.1 Å². The molecule has 60 valence electrons. The number of carbonyl (C=O) groups is 1. The number of pyridine rings is 1. The number of halogens is 1. The molecule has 0 aliphatic rings. The van der Waals surface area contributed by atoms with Crippen LogP contribution in [-0.4, -0.2) is 10.2 Å². The average Bonchev–Trinajstić information content (AvgIpc) is 2.03. The van der Waals surface area contributed by atoms with E-state index in [0.717, 1.165) is 6.07 Å². The van der Waals surface area contributed by atoms with Crippen molar-refractivity contribution in [3.63, 3.8) is 0 Å². The van der Waals surface area contributed by atoms with Crippen molar-refractivity contribution < 1.29 is 4.79 Å². The third kappa shape index (κ3) is 1.36. The summed E-state index contributed by atoms with van der Waals surface area (Å²) in [6.45, 7) is 0. The minimum absolute atomic E-state index is 0.160. The minimum atomic E-state index is -0.843. The molecule has 0 radical (unpaired) electrons. The van der Waals surface area contributed by atoms with Crippen LogP contribution < -0.4 is 5.43 Å². The first-order valence-electron chi connectivity index (χ1n) is 2.98. The molecule has 5 heteroatoms. The number of rotatable bonds is 1. The van der Waals surface area contributed by atoms with E-state index in [1.807, 2.05) is 0 Å². The number of nitrogens with zero attached hydrogens (tertiary/aromatic N) is 1. The Kier molecular flexibility index (Phi) is 2.26. The van der Waals surface area contributed by atoms with Crippen molar-refractivity contribution in [1.82, 2.24) is 4.98 Å². The van der Waals surface area contributed by atoms with Crippen LogP contribution in [0.5, 0.6) is 0 Å². The summed E-state index contributed by atoms with van der Waals surface area (Å²) < 4.78 is 0. The lowest BCUT2D eigenvalue weighted by molar-refractivity contribution is 0.107. The lowest BCUT2D eigenvalue weighted by atomic mass is 10.2. The molecular weight excluding hydrogens is 180 g/mol.